The molecule has 1 aliphatic heterocycles. The van der Waals surface area contributed by atoms with Crippen LogP contribution in [-0.4, -0.2) is 11.8 Å². The predicted octanol–water partition coefficient (Wildman–Crippen LogP) is 15.3. The van der Waals surface area contributed by atoms with Crippen molar-refractivity contribution in [1.29, 1.82) is 0 Å². The monoisotopic (exact) mass is 868 g/mol. The quantitative estimate of drug-likeness (QED) is 0.179. The van der Waals surface area contributed by atoms with E-state index in [9.17, 15) is 0 Å². The summed E-state index contributed by atoms with van der Waals surface area (Å²) in [6.07, 6.45) is 0. The van der Waals surface area contributed by atoms with Crippen LogP contribution in [0, 0.1) is 6.92 Å². The van der Waals surface area contributed by atoms with Crippen LogP contribution in [-0.2, 0) is 21.7 Å². The molecule has 0 bridgehead atoms. The van der Waals surface area contributed by atoms with E-state index < -0.39 is 0 Å². The Morgan fingerprint density at radius 3 is 1.96 bits per heavy atom. The van der Waals surface area contributed by atoms with Crippen molar-refractivity contribution in [2.24, 2.45) is 0 Å². The van der Waals surface area contributed by atoms with Crippen LogP contribution in [0.1, 0.15) is 108 Å². The summed E-state index contributed by atoms with van der Waals surface area (Å²) in [6.45, 7) is 25.8. The Hall–Kier alpha value is -6.78. The minimum absolute atomic E-state index is 0.0507. The van der Waals surface area contributed by atoms with Gasteiger partial charge in [-0.25, -0.2) is 0 Å². The van der Waals surface area contributed by atoms with Crippen LogP contribution in [0.25, 0.3) is 82.8 Å². The maximum Gasteiger partial charge on any atom is 0.198 e. The van der Waals surface area contributed by atoms with Crippen LogP contribution in [0.2, 0.25) is 0 Å². The van der Waals surface area contributed by atoms with E-state index >= 15 is 0 Å². The lowest BCUT2D eigenvalue weighted by atomic mass is 9.58. The maximum atomic E-state index is 6.65. The van der Waals surface area contributed by atoms with Gasteiger partial charge in [-0.05, 0) is 132 Å². The molecular formula is C63H57BN2O. The molecule has 0 amide bonds. The predicted molar refractivity (Wildman–Crippen MR) is 287 cm³/mol. The fraction of sp³-hybridized carbons (Fsp3) is 0.238. The first-order valence-electron chi connectivity index (χ1n) is 24.3. The summed E-state index contributed by atoms with van der Waals surface area (Å²) in [4.78, 5) is 0. The van der Waals surface area contributed by atoms with Gasteiger partial charge in [-0.1, -0.05) is 160 Å². The Kier molecular flexibility index (Phi) is 7.99. The first-order valence-corrected chi connectivity index (χ1v) is 24.3. The highest BCUT2D eigenvalue weighted by atomic mass is 16.3. The zero-order valence-corrected chi connectivity index (χ0v) is 40.8. The second-order valence-electron chi connectivity index (χ2n) is 23.1. The molecule has 3 nitrogen and oxygen atoms in total. The second kappa shape index (κ2) is 13.2. The van der Waals surface area contributed by atoms with Crippen molar-refractivity contribution >= 4 is 73.3 Å². The molecule has 328 valence electrons. The van der Waals surface area contributed by atoms with Gasteiger partial charge in [0, 0.05) is 66.6 Å². The van der Waals surface area contributed by atoms with Gasteiger partial charge in [0.2, 0.25) is 0 Å². The summed E-state index contributed by atoms with van der Waals surface area (Å²) in [6, 6.07) is 51.2. The van der Waals surface area contributed by atoms with E-state index in [-0.39, 0.29) is 21.7 Å². The van der Waals surface area contributed by atoms with Crippen LogP contribution < -0.4 is 16.2 Å². The summed E-state index contributed by atoms with van der Waals surface area (Å²) in [5, 5.41) is 8.95. The molecular weight excluding hydrogens is 812 g/mol. The molecule has 0 saturated carbocycles. The maximum absolute atomic E-state index is 6.65. The number of fused-ring (bicyclic) bond motifs is 14. The van der Waals surface area contributed by atoms with E-state index in [0.29, 0.717) is 0 Å². The highest BCUT2D eigenvalue weighted by Crippen LogP contribution is 2.54. The number of nitrogens with one attached hydrogen (secondary N) is 1. The zero-order valence-electron chi connectivity index (χ0n) is 40.8. The molecule has 2 aliphatic carbocycles. The van der Waals surface area contributed by atoms with E-state index in [1.54, 1.807) is 0 Å². The third-order valence-corrected chi connectivity index (χ3v) is 16.2. The molecule has 0 radical (unpaired) electrons. The van der Waals surface area contributed by atoms with Gasteiger partial charge >= 0.3 is 0 Å². The Bertz CT molecular complexity index is 3820. The first kappa shape index (κ1) is 40.5. The normalized spacial score (nSPS) is 15.1. The van der Waals surface area contributed by atoms with E-state index in [0.717, 1.165) is 40.6 Å². The lowest BCUT2D eigenvalue weighted by Crippen LogP contribution is -2.38. The van der Waals surface area contributed by atoms with Crippen LogP contribution in [0.5, 0.6) is 0 Å². The van der Waals surface area contributed by atoms with Crippen LogP contribution >= 0.6 is 0 Å². The number of aromatic nitrogens is 1. The first-order chi connectivity index (χ1) is 31.9. The van der Waals surface area contributed by atoms with E-state index in [2.05, 4.69) is 220 Å². The minimum atomic E-state index is -0.191. The van der Waals surface area contributed by atoms with Gasteiger partial charge in [0.15, 0.2) is 7.28 Å². The van der Waals surface area contributed by atoms with Crippen LogP contribution in [0.3, 0.4) is 0 Å². The number of anilines is 2. The number of benzene rings is 8. The molecule has 4 heteroatoms. The van der Waals surface area contributed by atoms with Gasteiger partial charge in [-0.2, -0.15) is 0 Å². The highest BCUT2D eigenvalue weighted by Gasteiger charge is 2.40. The average Bonchev–Trinajstić information content (AvgIpc) is 3.96. The SMILES string of the molecule is Cc1cc(-c2cc3c(cc2Nc2ccc(C(C)(C)C)cc2)-c2ccc(C(C)(C)C)cc2C3(C)C)c2c3c1c1cc4c(cc1n3-c1cc3c(cc1B2)C(C)(C)c1ccccc1-3)oc1ccccc14. The Labute approximate surface area is 395 Å². The van der Waals surface area contributed by atoms with Gasteiger partial charge < -0.3 is 14.3 Å². The molecule has 67 heavy (non-hydrogen) atoms. The molecule has 1 N–H and O–H groups in total. The number of hydrogen-bond donors (Lipinski definition) is 1. The highest BCUT2D eigenvalue weighted by molar-refractivity contribution is 6.73. The largest absolute Gasteiger partial charge is 0.456 e. The summed E-state index contributed by atoms with van der Waals surface area (Å²) < 4.78 is 9.26. The smallest absolute Gasteiger partial charge is 0.198 e. The second-order valence-corrected chi connectivity index (χ2v) is 23.1. The molecule has 10 aromatic rings. The fourth-order valence-electron chi connectivity index (χ4n) is 12.5. The van der Waals surface area contributed by atoms with E-state index in [1.807, 2.05) is 0 Å². The molecule has 3 aliphatic rings. The van der Waals surface area contributed by atoms with E-state index in [1.165, 1.54) is 111 Å². The Morgan fingerprint density at radius 1 is 0.522 bits per heavy atom. The topological polar surface area (TPSA) is 30.1 Å². The summed E-state index contributed by atoms with van der Waals surface area (Å²) in [5.74, 6) is 0. The van der Waals surface area contributed by atoms with Gasteiger partial charge in [-0.3, -0.25) is 0 Å². The molecule has 0 saturated heterocycles. The van der Waals surface area contributed by atoms with E-state index in [4.69, 9.17) is 4.42 Å². The van der Waals surface area contributed by atoms with Crippen LogP contribution in [0.4, 0.5) is 11.4 Å². The van der Waals surface area contributed by atoms with Gasteiger partial charge in [0.05, 0.1) is 5.52 Å². The van der Waals surface area contributed by atoms with Crippen molar-refractivity contribution in [1.82, 2.24) is 4.57 Å². The molecule has 0 unspecified atom stereocenters. The Morgan fingerprint density at radius 2 is 1.18 bits per heavy atom. The standard InChI is InChI=1S/C63H57BN2O/c1-34-26-45(43-29-49-41(30-52(43)65-37-23-20-35(21-24-37)60(2,3)4)39-25-22-36(61(5,6)7)27-48(39)63(49,10)11)58-59-57(34)46-28-44-40-17-13-15-19-55(40)67-56(44)33-53(46)66(59)54-31-42-38-16-12-14-18-47(38)62(8,9)50(42)32-51(54)64-58/h12-33,64-65H,1-11H3. The summed E-state index contributed by atoms with van der Waals surface area (Å²) in [7, 11) is 0.825. The van der Waals surface area contributed by atoms with Crippen molar-refractivity contribution in [3.8, 4) is 39.1 Å². The van der Waals surface area contributed by atoms with Crippen molar-refractivity contribution in [3.05, 3.63) is 172 Å². The van der Waals surface area contributed by atoms with Gasteiger partial charge in [0.1, 0.15) is 11.2 Å². The molecule has 8 aromatic carbocycles. The number of hydrogen-bond acceptors (Lipinski definition) is 2. The molecule has 0 fully saturated rings. The lowest BCUT2D eigenvalue weighted by molar-refractivity contribution is 0.584. The number of aryl methyl sites for hydroxylation is 1. The van der Waals surface area contributed by atoms with Gasteiger partial charge in [0.25, 0.3) is 0 Å². The number of rotatable bonds is 3. The average molecular weight is 869 g/mol. The zero-order chi connectivity index (χ0) is 46.3. The van der Waals surface area contributed by atoms with Crippen molar-refractivity contribution in [2.75, 3.05) is 5.32 Å². The Balaban J connectivity index is 1.11. The molecule has 0 atom stereocenters. The third-order valence-electron chi connectivity index (χ3n) is 16.2. The molecule has 3 heterocycles. The number of nitrogens with zero attached hydrogens (tertiary/aromatic N) is 1. The molecule has 2 aromatic heterocycles. The van der Waals surface area contributed by atoms with Crippen molar-refractivity contribution in [3.63, 3.8) is 0 Å². The molecule has 13 rings (SSSR count). The van der Waals surface area contributed by atoms with Gasteiger partial charge in [-0.15, -0.1) is 0 Å². The van der Waals surface area contributed by atoms with Crippen molar-refractivity contribution < 1.29 is 4.42 Å². The summed E-state index contributed by atoms with van der Waals surface area (Å²) in [5.41, 5.74) is 27.8. The summed E-state index contributed by atoms with van der Waals surface area (Å²) >= 11 is 0. The number of furan rings is 1. The lowest BCUT2D eigenvalue weighted by Gasteiger charge is -2.28. The molecule has 0 spiro atoms. The van der Waals surface area contributed by atoms with Crippen molar-refractivity contribution in [2.45, 2.75) is 97.8 Å². The van der Waals surface area contributed by atoms with Crippen LogP contribution in [0.15, 0.2) is 138 Å². The number of para-hydroxylation sites is 1. The minimum Gasteiger partial charge on any atom is -0.456 e. The third kappa shape index (κ3) is 5.59. The fourth-order valence-corrected chi connectivity index (χ4v) is 12.5.